The Bertz CT molecular complexity index is 584. The Hall–Kier alpha value is -1.16. The fourth-order valence-electron chi connectivity index (χ4n) is 1.87. The molecule has 0 fully saturated rings. The van der Waals surface area contributed by atoms with Crippen molar-refractivity contribution in [3.05, 3.63) is 58.6 Å². The second kappa shape index (κ2) is 7.02. The van der Waals surface area contributed by atoms with Gasteiger partial charge in [-0.25, -0.2) is 0 Å². The molecule has 0 aliphatic carbocycles. The molecule has 2 nitrogen and oxygen atoms in total. The van der Waals surface area contributed by atoms with Crippen LogP contribution < -0.4 is 4.90 Å². The van der Waals surface area contributed by atoms with Gasteiger partial charge >= 0.3 is 0 Å². The largest absolute Gasteiger partial charge is 0.277 e. The van der Waals surface area contributed by atoms with Crippen LogP contribution in [0.15, 0.2) is 48.5 Å². The Labute approximate surface area is 132 Å². The van der Waals surface area contributed by atoms with Gasteiger partial charge in [0.15, 0.2) is 0 Å². The predicted octanol–water partition coefficient (Wildman–Crippen LogP) is 5.02. The van der Waals surface area contributed by atoms with E-state index >= 15 is 0 Å². The van der Waals surface area contributed by atoms with Crippen LogP contribution in [0.25, 0.3) is 0 Å². The minimum absolute atomic E-state index is 0.0568. The van der Waals surface area contributed by atoms with E-state index in [-0.39, 0.29) is 5.91 Å². The van der Waals surface area contributed by atoms with E-state index in [1.807, 2.05) is 36.6 Å². The molecule has 0 radical (unpaired) electrons. The van der Waals surface area contributed by atoms with Crippen molar-refractivity contribution in [1.82, 2.24) is 0 Å². The second-order valence-corrected chi connectivity index (χ2v) is 5.75. The summed E-state index contributed by atoms with van der Waals surface area (Å²) in [6, 6.07) is 14.6. The van der Waals surface area contributed by atoms with Crippen LogP contribution in [0.3, 0.4) is 0 Å². The van der Waals surface area contributed by atoms with Crippen molar-refractivity contribution in [2.75, 3.05) is 16.9 Å². The number of thioether (sulfide) groups is 1. The fourth-order valence-corrected chi connectivity index (χ4v) is 2.81. The maximum Gasteiger partial charge on any atom is 0.241 e. The van der Waals surface area contributed by atoms with E-state index in [2.05, 4.69) is 0 Å². The van der Waals surface area contributed by atoms with Crippen LogP contribution in [-0.2, 0) is 4.79 Å². The van der Waals surface area contributed by atoms with Gasteiger partial charge in [-0.05, 0) is 30.5 Å². The summed E-state index contributed by atoms with van der Waals surface area (Å²) in [5, 5.41) is 0.909. The van der Waals surface area contributed by atoms with Crippen molar-refractivity contribution < 1.29 is 4.79 Å². The van der Waals surface area contributed by atoms with Gasteiger partial charge in [0.2, 0.25) is 5.91 Å². The quantitative estimate of drug-likeness (QED) is 0.786. The topological polar surface area (TPSA) is 20.3 Å². The van der Waals surface area contributed by atoms with Gasteiger partial charge in [-0.2, -0.15) is 11.8 Å². The van der Waals surface area contributed by atoms with Gasteiger partial charge in [-0.1, -0.05) is 47.5 Å². The number of carbonyl (C=O) groups excluding carboxylic acids is 1. The van der Waals surface area contributed by atoms with Crippen molar-refractivity contribution in [3.8, 4) is 0 Å². The lowest BCUT2D eigenvalue weighted by Gasteiger charge is -2.24. The standard InChI is InChI=1S/C15H13Cl2NOS/c1-20-10-14(19)18(11-6-3-2-4-7-11)15-12(16)8-5-9-13(15)17/h2-9H,10H2,1H3. The van der Waals surface area contributed by atoms with E-state index in [0.29, 0.717) is 21.5 Å². The smallest absolute Gasteiger partial charge is 0.241 e. The van der Waals surface area contributed by atoms with Crippen LogP contribution in [0.2, 0.25) is 10.0 Å². The van der Waals surface area contributed by atoms with Crippen LogP contribution in [0.1, 0.15) is 0 Å². The first-order valence-corrected chi connectivity index (χ1v) is 8.11. The number of para-hydroxylation sites is 2. The maximum atomic E-state index is 12.4. The highest BCUT2D eigenvalue weighted by atomic mass is 35.5. The van der Waals surface area contributed by atoms with Crippen molar-refractivity contribution in [2.24, 2.45) is 0 Å². The second-order valence-electron chi connectivity index (χ2n) is 4.07. The maximum absolute atomic E-state index is 12.4. The highest BCUT2D eigenvalue weighted by molar-refractivity contribution is 7.99. The SMILES string of the molecule is CSCC(=O)N(c1ccccc1)c1c(Cl)cccc1Cl. The molecule has 0 saturated heterocycles. The predicted molar refractivity (Wildman–Crippen MR) is 88.4 cm³/mol. The third kappa shape index (κ3) is 3.29. The first-order chi connectivity index (χ1) is 9.65. The van der Waals surface area contributed by atoms with Gasteiger partial charge in [0.25, 0.3) is 0 Å². The van der Waals surface area contributed by atoms with Crippen molar-refractivity contribution >= 4 is 52.2 Å². The molecule has 0 N–H and O–H groups in total. The summed E-state index contributed by atoms with van der Waals surface area (Å²) in [7, 11) is 0. The summed E-state index contributed by atoms with van der Waals surface area (Å²) in [4.78, 5) is 14.0. The molecular weight excluding hydrogens is 313 g/mol. The molecule has 104 valence electrons. The number of carbonyl (C=O) groups is 1. The van der Waals surface area contributed by atoms with Gasteiger partial charge in [0.05, 0.1) is 21.5 Å². The summed E-state index contributed by atoms with van der Waals surface area (Å²) < 4.78 is 0. The number of hydrogen-bond acceptors (Lipinski definition) is 2. The third-order valence-corrected chi connectivity index (χ3v) is 3.84. The summed E-state index contributed by atoms with van der Waals surface area (Å²) in [5.74, 6) is 0.301. The molecular formula is C15H13Cl2NOS. The first kappa shape index (κ1) is 15.2. The Balaban J connectivity index is 2.55. The van der Waals surface area contributed by atoms with E-state index in [0.717, 1.165) is 5.69 Å². The third-order valence-electron chi connectivity index (χ3n) is 2.69. The molecule has 2 aromatic carbocycles. The van der Waals surface area contributed by atoms with Gasteiger partial charge in [0.1, 0.15) is 0 Å². The lowest BCUT2D eigenvalue weighted by Crippen LogP contribution is -2.28. The molecule has 5 heteroatoms. The van der Waals surface area contributed by atoms with Crippen LogP contribution >= 0.6 is 35.0 Å². The van der Waals surface area contributed by atoms with Crippen molar-refractivity contribution in [3.63, 3.8) is 0 Å². The van der Waals surface area contributed by atoms with Crippen LogP contribution in [0, 0.1) is 0 Å². The van der Waals surface area contributed by atoms with Gasteiger partial charge < -0.3 is 0 Å². The molecule has 0 unspecified atom stereocenters. The number of amides is 1. The summed E-state index contributed by atoms with van der Waals surface area (Å²) in [6.45, 7) is 0. The zero-order valence-corrected chi connectivity index (χ0v) is 13.2. The molecule has 0 saturated carbocycles. The van der Waals surface area contributed by atoms with Crippen LogP contribution in [0.5, 0.6) is 0 Å². The molecule has 20 heavy (non-hydrogen) atoms. The molecule has 1 amide bonds. The molecule has 2 rings (SSSR count). The minimum atomic E-state index is -0.0568. The molecule has 0 bridgehead atoms. The molecule has 0 aliphatic rings. The number of rotatable bonds is 4. The highest BCUT2D eigenvalue weighted by Crippen LogP contribution is 2.38. The summed E-state index contributed by atoms with van der Waals surface area (Å²) in [6.07, 6.45) is 1.88. The number of hydrogen-bond donors (Lipinski definition) is 0. The molecule has 0 aliphatic heterocycles. The van der Waals surface area contributed by atoms with E-state index in [1.165, 1.54) is 11.8 Å². The lowest BCUT2D eigenvalue weighted by atomic mass is 10.2. The molecule has 2 aromatic rings. The van der Waals surface area contributed by atoms with E-state index in [1.54, 1.807) is 23.1 Å². The Kier molecular flexibility index (Phi) is 5.35. The number of benzene rings is 2. The van der Waals surface area contributed by atoms with Crippen LogP contribution in [-0.4, -0.2) is 17.9 Å². The van der Waals surface area contributed by atoms with Crippen LogP contribution in [0.4, 0.5) is 11.4 Å². The summed E-state index contributed by atoms with van der Waals surface area (Å²) >= 11 is 13.9. The van der Waals surface area contributed by atoms with Crippen molar-refractivity contribution in [1.29, 1.82) is 0 Å². The molecule has 0 aromatic heterocycles. The van der Waals surface area contributed by atoms with Gasteiger partial charge in [-0.15, -0.1) is 0 Å². The molecule has 0 atom stereocenters. The minimum Gasteiger partial charge on any atom is -0.277 e. The van der Waals surface area contributed by atoms with E-state index in [9.17, 15) is 4.79 Å². The average Bonchev–Trinajstić information content (AvgIpc) is 2.44. The van der Waals surface area contributed by atoms with E-state index in [4.69, 9.17) is 23.2 Å². The zero-order valence-electron chi connectivity index (χ0n) is 10.8. The fraction of sp³-hybridized carbons (Fsp3) is 0.133. The first-order valence-electron chi connectivity index (χ1n) is 5.96. The Morgan fingerprint density at radius 2 is 1.65 bits per heavy atom. The van der Waals surface area contributed by atoms with Gasteiger partial charge in [-0.3, -0.25) is 9.69 Å². The van der Waals surface area contributed by atoms with E-state index < -0.39 is 0 Å². The normalized spacial score (nSPS) is 10.3. The molecule has 0 heterocycles. The Morgan fingerprint density at radius 1 is 1.05 bits per heavy atom. The zero-order chi connectivity index (χ0) is 14.5. The number of anilines is 2. The number of halogens is 2. The number of nitrogens with zero attached hydrogens (tertiary/aromatic N) is 1. The van der Waals surface area contributed by atoms with Crippen molar-refractivity contribution in [2.45, 2.75) is 0 Å². The highest BCUT2D eigenvalue weighted by Gasteiger charge is 2.22. The summed E-state index contributed by atoms with van der Waals surface area (Å²) in [5.41, 5.74) is 1.28. The lowest BCUT2D eigenvalue weighted by molar-refractivity contribution is -0.115. The van der Waals surface area contributed by atoms with Gasteiger partial charge in [0, 0.05) is 5.69 Å². The monoisotopic (exact) mass is 325 g/mol. The average molecular weight is 326 g/mol. The Morgan fingerprint density at radius 3 is 2.20 bits per heavy atom. The molecule has 0 spiro atoms.